The Balaban J connectivity index is 1.52. The van der Waals surface area contributed by atoms with Gasteiger partial charge in [0.2, 0.25) is 0 Å². The molecule has 0 saturated carbocycles. The van der Waals surface area contributed by atoms with Gasteiger partial charge in [-0.15, -0.1) is 0 Å². The lowest BCUT2D eigenvalue weighted by atomic mass is 10.1. The van der Waals surface area contributed by atoms with Crippen LogP contribution >= 0.6 is 0 Å². The predicted octanol–water partition coefficient (Wildman–Crippen LogP) is 4.68. The summed E-state index contributed by atoms with van der Waals surface area (Å²) in [5, 5.41) is 0. The van der Waals surface area contributed by atoms with E-state index in [1.54, 1.807) is 14.2 Å². The number of para-hydroxylation sites is 1. The van der Waals surface area contributed by atoms with Gasteiger partial charge >= 0.3 is 0 Å². The molecule has 4 heteroatoms. The summed E-state index contributed by atoms with van der Waals surface area (Å²) in [6.45, 7) is 3.65. The summed E-state index contributed by atoms with van der Waals surface area (Å²) in [5.74, 6) is 1.79. The summed E-state index contributed by atoms with van der Waals surface area (Å²) < 4.78 is 10.6. The Bertz CT molecular complexity index is 907. The first-order valence-electron chi connectivity index (χ1n) is 9.56. The second-order valence-electron chi connectivity index (χ2n) is 7.15. The summed E-state index contributed by atoms with van der Waals surface area (Å²) in [4.78, 5) is 4.93. The van der Waals surface area contributed by atoms with Crippen LogP contribution in [0.5, 0.6) is 11.5 Å². The van der Waals surface area contributed by atoms with Crippen molar-refractivity contribution < 1.29 is 9.47 Å². The van der Waals surface area contributed by atoms with E-state index in [0.717, 1.165) is 37.8 Å². The SMILES string of the molecule is COc1ccc(CN2Cc3ccccc3N(Cc3ccc(OC)cc3)C2)cc1. The Labute approximate surface area is 166 Å². The highest BCUT2D eigenvalue weighted by molar-refractivity contribution is 5.55. The fourth-order valence-corrected chi connectivity index (χ4v) is 3.74. The maximum Gasteiger partial charge on any atom is 0.118 e. The number of hydrogen-bond donors (Lipinski definition) is 0. The summed E-state index contributed by atoms with van der Waals surface area (Å²) in [7, 11) is 3.40. The van der Waals surface area contributed by atoms with E-state index in [2.05, 4.69) is 58.3 Å². The van der Waals surface area contributed by atoms with E-state index in [-0.39, 0.29) is 0 Å². The van der Waals surface area contributed by atoms with Crippen molar-refractivity contribution >= 4 is 5.69 Å². The predicted molar refractivity (Wildman–Crippen MR) is 113 cm³/mol. The molecule has 1 aliphatic heterocycles. The van der Waals surface area contributed by atoms with Gasteiger partial charge in [0.15, 0.2) is 0 Å². The Kier molecular flexibility index (Phi) is 5.49. The van der Waals surface area contributed by atoms with Crippen LogP contribution in [0.1, 0.15) is 16.7 Å². The molecule has 1 aliphatic rings. The standard InChI is InChI=1S/C24H26N2O2/c1-27-22-11-7-19(8-12-22)15-25-17-21-5-3-4-6-24(21)26(18-25)16-20-9-13-23(28-2)14-10-20/h3-14H,15-18H2,1-2H3. The number of benzene rings is 3. The molecular formula is C24H26N2O2. The lowest BCUT2D eigenvalue weighted by Gasteiger charge is -2.38. The van der Waals surface area contributed by atoms with E-state index in [4.69, 9.17) is 9.47 Å². The van der Waals surface area contributed by atoms with E-state index in [9.17, 15) is 0 Å². The van der Waals surface area contributed by atoms with Gasteiger partial charge in [0.25, 0.3) is 0 Å². The monoisotopic (exact) mass is 374 g/mol. The van der Waals surface area contributed by atoms with Gasteiger partial charge in [0, 0.05) is 25.3 Å². The summed E-state index contributed by atoms with van der Waals surface area (Å²) in [6.07, 6.45) is 0. The van der Waals surface area contributed by atoms with Crippen LogP contribution in [0.15, 0.2) is 72.8 Å². The van der Waals surface area contributed by atoms with E-state index in [1.165, 1.54) is 22.4 Å². The smallest absolute Gasteiger partial charge is 0.118 e. The fourth-order valence-electron chi connectivity index (χ4n) is 3.74. The lowest BCUT2D eigenvalue weighted by Crippen LogP contribution is -2.41. The molecule has 0 amide bonds. The average Bonchev–Trinajstić information content (AvgIpc) is 2.75. The molecule has 0 bridgehead atoms. The lowest BCUT2D eigenvalue weighted by molar-refractivity contribution is 0.242. The van der Waals surface area contributed by atoms with Gasteiger partial charge in [0.1, 0.15) is 11.5 Å². The Hall–Kier alpha value is -2.98. The minimum absolute atomic E-state index is 0.875. The first-order chi connectivity index (χ1) is 13.7. The molecule has 4 rings (SSSR count). The van der Waals surface area contributed by atoms with Crippen LogP contribution in [0.4, 0.5) is 5.69 Å². The van der Waals surface area contributed by atoms with E-state index in [0.29, 0.717) is 0 Å². The van der Waals surface area contributed by atoms with E-state index in [1.807, 2.05) is 24.3 Å². The molecule has 4 nitrogen and oxygen atoms in total. The molecule has 28 heavy (non-hydrogen) atoms. The number of rotatable bonds is 6. The highest BCUT2D eigenvalue weighted by Crippen LogP contribution is 2.29. The average molecular weight is 374 g/mol. The second kappa shape index (κ2) is 8.36. The number of hydrogen-bond acceptors (Lipinski definition) is 4. The van der Waals surface area contributed by atoms with Crippen LogP contribution in [0, 0.1) is 0 Å². The molecule has 3 aromatic carbocycles. The van der Waals surface area contributed by atoms with E-state index < -0.39 is 0 Å². The zero-order valence-corrected chi connectivity index (χ0v) is 16.5. The molecule has 144 valence electrons. The maximum atomic E-state index is 5.28. The normalized spacial score (nSPS) is 13.9. The third-order valence-electron chi connectivity index (χ3n) is 5.19. The molecule has 0 radical (unpaired) electrons. The fraction of sp³-hybridized carbons (Fsp3) is 0.250. The molecule has 3 aromatic rings. The highest BCUT2D eigenvalue weighted by atomic mass is 16.5. The van der Waals surface area contributed by atoms with Crippen molar-refractivity contribution in [2.75, 3.05) is 25.8 Å². The van der Waals surface area contributed by atoms with E-state index >= 15 is 0 Å². The van der Waals surface area contributed by atoms with Crippen molar-refractivity contribution in [3.63, 3.8) is 0 Å². The molecule has 0 fully saturated rings. The van der Waals surface area contributed by atoms with Gasteiger partial charge in [0.05, 0.1) is 20.9 Å². The van der Waals surface area contributed by atoms with Gasteiger partial charge in [-0.2, -0.15) is 0 Å². The topological polar surface area (TPSA) is 24.9 Å². The first-order valence-corrected chi connectivity index (χ1v) is 9.56. The van der Waals surface area contributed by atoms with Gasteiger partial charge < -0.3 is 14.4 Å². The zero-order chi connectivity index (χ0) is 19.3. The number of fused-ring (bicyclic) bond motifs is 1. The van der Waals surface area contributed by atoms with Gasteiger partial charge in [-0.3, -0.25) is 4.90 Å². The zero-order valence-electron chi connectivity index (χ0n) is 16.5. The summed E-state index contributed by atoms with van der Waals surface area (Å²) in [6, 6.07) is 25.4. The van der Waals surface area contributed by atoms with Crippen molar-refractivity contribution in [2.45, 2.75) is 19.6 Å². The molecule has 0 N–H and O–H groups in total. The summed E-state index contributed by atoms with van der Waals surface area (Å²) in [5.41, 5.74) is 5.27. The van der Waals surface area contributed by atoms with Crippen LogP contribution in [0.2, 0.25) is 0 Å². The maximum absolute atomic E-state index is 5.28. The van der Waals surface area contributed by atoms with Crippen LogP contribution in [-0.2, 0) is 19.6 Å². The highest BCUT2D eigenvalue weighted by Gasteiger charge is 2.22. The first kappa shape index (κ1) is 18.4. The third-order valence-corrected chi connectivity index (χ3v) is 5.19. The Morgan fingerprint density at radius 2 is 1.29 bits per heavy atom. The molecule has 1 heterocycles. The van der Waals surface area contributed by atoms with Crippen molar-refractivity contribution in [1.82, 2.24) is 4.90 Å². The summed E-state index contributed by atoms with van der Waals surface area (Å²) >= 11 is 0. The van der Waals surface area contributed by atoms with Crippen LogP contribution in [-0.4, -0.2) is 25.8 Å². The minimum Gasteiger partial charge on any atom is -0.497 e. The van der Waals surface area contributed by atoms with Crippen molar-refractivity contribution in [1.29, 1.82) is 0 Å². The second-order valence-corrected chi connectivity index (χ2v) is 7.15. The molecule has 0 saturated heterocycles. The molecule has 0 unspecified atom stereocenters. The van der Waals surface area contributed by atoms with Gasteiger partial charge in [-0.1, -0.05) is 42.5 Å². The molecular weight excluding hydrogens is 348 g/mol. The Morgan fingerprint density at radius 1 is 0.714 bits per heavy atom. The van der Waals surface area contributed by atoms with Gasteiger partial charge in [-0.25, -0.2) is 0 Å². The van der Waals surface area contributed by atoms with Crippen molar-refractivity contribution in [2.24, 2.45) is 0 Å². The molecule has 0 aliphatic carbocycles. The number of methoxy groups -OCH3 is 2. The largest absolute Gasteiger partial charge is 0.497 e. The number of nitrogens with zero attached hydrogens (tertiary/aromatic N) is 2. The quantitative estimate of drug-likeness (QED) is 0.625. The Morgan fingerprint density at radius 3 is 1.89 bits per heavy atom. The van der Waals surface area contributed by atoms with Crippen LogP contribution in [0.25, 0.3) is 0 Å². The number of anilines is 1. The van der Waals surface area contributed by atoms with Crippen molar-refractivity contribution in [3.05, 3.63) is 89.5 Å². The minimum atomic E-state index is 0.875. The van der Waals surface area contributed by atoms with Crippen LogP contribution in [0.3, 0.4) is 0 Å². The number of ether oxygens (including phenoxy) is 2. The van der Waals surface area contributed by atoms with Gasteiger partial charge in [-0.05, 0) is 47.0 Å². The molecule has 0 atom stereocenters. The van der Waals surface area contributed by atoms with Crippen molar-refractivity contribution in [3.8, 4) is 11.5 Å². The third kappa shape index (κ3) is 4.12. The van der Waals surface area contributed by atoms with Crippen LogP contribution < -0.4 is 14.4 Å². The molecule has 0 spiro atoms. The molecule has 0 aromatic heterocycles.